The molecule has 0 aliphatic rings. The van der Waals surface area contributed by atoms with Crippen LogP contribution in [-0.2, 0) is 6.54 Å². The smallest absolute Gasteiger partial charge is 0.260 e. The molecule has 0 unspecified atom stereocenters. The minimum atomic E-state index is -0.119. The number of carbonyl (C=O) groups excluding carboxylic acids is 1. The summed E-state index contributed by atoms with van der Waals surface area (Å²) in [7, 11) is 0. The predicted octanol–water partition coefficient (Wildman–Crippen LogP) is 5.19. The summed E-state index contributed by atoms with van der Waals surface area (Å²) in [6.07, 6.45) is 1.72. The van der Waals surface area contributed by atoms with E-state index in [0.717, 1.165) is 10.4 Å². The highest BCUT2D eigenvalue weighted by Crippen LogP contribution is 2.34. The maximum absolute atomic E-state index is 13.1. The molecule has 4 rings (SSSR count). The number of rotatable bonds is 4. The molecule has 0 fully saturated rings. The van der Waals surface area contributed by atoms with Crippen LogP contribution in [0.1, 0.15) is 16.1 Å². The summed E-state index contributed by atoms with van der Waals surface area (Å²) < 4.78 is 0.944. The van der Waals surface area contributed by atoms with E-state index in [2.05, 4.69) is 9.97 Å². The lowest BCUT2D eigenvalue weighted by Gasteiger charge is -2.19. The summed E-state index contributed by atoms with van der Waals surface area (Å²) in [5.74, 6) is -0.119. The number of thiazole rings is 1. The van der Waals surface area contributed by atoms with Gasteiger partial charge in [-0.05, 0) is 36.4 Å². The second kappa shape index (κ2) is 7.23. The summed E-state index contributed by atoms with van der Waals surface area (Å²) in [5, 5.41) is 1.18. The summed E-state index contributed by atoms with van der Waals surface area (Å²) in [4.78, 5) is 23.8. The maximum atomic E-state index is 13.1. The van der Waals surface area contributed by atoms with Crippen LogP contribution >= 0.6 is 22.9 Å². The molecular formula is C20H14ClN3OS. The van der Waals surface area contributed by atoms with Gasteiger partial charge in [-0.1, -0.05) is 53.3 Å². The molecule has 0 radical (unpaired) electrons. The molecule has 26 heavy (non-hydrogen) atoms. The van der Waals surface area contributed by atoms with Crippen molar-refractivity contribution in [2.45, 2.75) is 6.54 Å². The average molecular weight is 380 g/mol. The molecule has 6 heteroatoms. The third kappa shape index (κ3) is 3.31. The van der Waals surface area contributed by atoms with Gasteiger partial charge in [-0.15, -0.1) is 0 Å². The number of amides is 1. The highest BCUT2D eigenvalue weighted by atomic mass is 35.5. The number of nitrogens with zero attached hydrogens (tertiary/aromatic N) is 3. The fourth-order valence-electron chi connectivity index (χ4n) is 2.64. The molecule has 2 heterocycles. The molecule has 0 saturated heterocycles. The van der Waals surface area contributed by atoms with Crippen molar-refractivity contribution in [3.63, 3.8) is 0 Å². The molecule has 4 aromatic rings. The van der Waals surface area contributed by atoms with E-state index in [-0.39, 0.29) is 5.91 Å². The van der Waals surface area contributed by atoms with Gasteiger partial charge in [0.05, 0.1) is 22.0 Å². The molecule has 2 aromatic heterocycles. The van der Waals surface area contributed by atoms with Crippen LogP contribution < -0.4 is 4.90 Å². The molecule has 2 aromatic carbocycles. The third-order valence-corrected chi connectivity index (χ3v) is 5.25. The van der Waals surface area contributed by atoms with Crippen LogP contribution in [0.5, 0.6) is 0 Å². The van der Waals surface area contributed by atoms with Crippen molar-refractivity contribution in [1.82, 2.24) is 9.97 Å². The van der Waals surface area contributed by atoms with Crippen LogP contribution in [0.4, 0.5) is 5.13 Å². The number of anilines is 1. The number of hydrogen-bond acceptors (Lipinski definition) is 4. The number of aromatic nitrogens is 2. The second-order valence-corrected chi connectivity index (χ2v) is 7.08. The van der Waals surface area contributed by atoms with E-state index in [0.29, 0.717) is 27.8 Å². The Morgan fingerprint density at radius 2 is 1.81 bits per heavy atom. The van der Waals surface area contributed by atoms with E-state index in [1.54, 1.807) is 29.3 Å². The van der Waals surface area contributed by atoms with E-state index in [1.807, 2.05) is 48.5 Å². The Kier molecular flexibility index (Phi) is 4.65. The standard InChI is InChI=1S/C20H14ClN3OS/c21-16-10-6-11-17-18(16)23-20(26-17)24(13-15-9-4-5-12-22-15)19(25)14-7-2-1-3-8-14/h1-12H,13H2. The largest absolute Gasteiger partial charge is 0.278 e. The Bertz CT molecular complexity index is 1050. The van der Waals surface area contributed by atoms with Gasteiger partial charge >= 0.3 is 0 Å². The number of benzene rings is 2. The number of carbonyl (C=O) groups is 1. The zero-order valence-electron chi connectivity index (χ0n) is 13.7. The lowest BCUT2D eigenvalue weighted by Crippen LogP contribution is -2.30. The SMILES string of the molecule is O=C(c1ccccc1)N(Cc1ccccn1)c1nc2c(Cl)cccc2s1. The first-order valence-electron chi connectivity index (χ1n) is 8.04. The average Bonchev–Trinajstić information content (AvgIpc) is 3.12. The normalized spacial score (nSPS) is 10.8. The number of hydrogen-bond donors (Lipinski definition) is 0. The molecule has 0 aliphatic heterocycles. The molecule has 0 N–H and O–H groups in total. The zero-order chi connectivity index (χ0) is 17.9. The van der Waals surface area contributed by atoms with Gasteiger partial charge in [-0.2, -0.15) is 0 Å². The van der Waals surface area contributed by atoms with Crippen LogP contribution in [-0.4, -0.2) is 15.9 Å². The van der Waals surface area contributed by atoms with E-state index in [1.165, 1.54) is 11.3 Å². The molecule has 0 bridgehead atoms. The van der Waals surface area contributed by atoms with Gasteiger partial charge < -0.3 is 0 Å². The Hall–Kier alpha value is -2.76. The van der Waals surface area contributed by atoms with Gasteiger partial charge in [-0.3, -0.25) is 14.7 Å². The van der Waals surface area contributed by atoms with Crippen molar-refractivity contribution in [1.29, 1.82) is 0 Å². The van der Waals surface area contributed by atoms with E-state index in [9.17, 15) is 4.79 Å². The van der Waals surface area contributed by atoms with Crippen LogP contribution in [0.25, 0.3) is 10.2 Å². The zero-order valence-corrected chi connectivity index (χ0v) is 15.2. The first-order valence-corrected chi connectivity index (χ1v) is 9.24. The van der Waals surface area contributed by atoms with E-state index < -0.39 is 0 Å². The number of halogens is 1. The van der Waals surface area contributed by atoms with E-state index in [4.69, 9.17) is 11.6 Å². The summed E-state index contributed by atoms with van der Waals surface area (Å²) in [6, 6.07) is 20.5. The summed E-state index contributed by atoms with van der Waals surface area (Å²) in [5.41, 5.74) is 2.11. The summed E-state index contributed by atoms with van der Waals surface area (Å²) >= 11 is 7.70. The van der Waals surface area contributed by atoms with Crippen molar-refractivity contribution >= 4 is 44.2 Å². The molecule has 128 valence electrons. The number of para-hydroxylation sites is 1. The number of fused-ring (bicyclic) bond motifs is 1. The van der Waals surface area contributed by atoms with Gasteiger partial charge in [0.15, 0.2) is 5.13 Å². The fourth-order valence-corrected chi connectivity index (χ4v) is 3.90. The van der Waals surface area contributed by atoms with Crippen LogP contribution in [0.3, 0.4) is 0 Å². The van der Waals surface area contributed by atoms with Crippen LogP contribution in [0, 0.1) is 0 Å². The molecular weight excluding hydrogens is 366 g/mol. The lowest BCUT2D eigenvalue weighted by atomic mass is 10.2. The molecule has 0 spiro atoms. The quantitative estimate of drug-likeness (QED) is 0.490. The van der Waals surface area contributed by atoms with Crippen molar-refractivity contribution in [3.8, 4) is 0 Å². The first-order chi connectivity index (χ1) is 12.7. The molecule has 4 nitrogen and oxygen atoms in total. The Labute approximate surface area is 159 Å². The van der Waals surface area contributed by atoms with Gasteiger partial charge in [0.1, 0.15) is 5.52 Å². The highest BCUT2D eigenvalue weighted by molar-refractivity contribution is 7.22. The van der Waals surface area contributed by atoms with Crippen LogP contribution in [0.2, 0.25) is 5.02 Å². The first kappa shape index (κ1) is 16.7. The minimum absolute atomic E-state index is 0.119. The fraction of sp³-hybridized carbons (Fsp3) is 0.0500. The monoisotopic (exact) mass is 379 g/mol. The minimum Gasteiger partial charge on any atom is -0.278 e. The van der Waals surface area contributed by atoms with Crippen LogP contribution in [0.15, 0.2) is 72.9 Å². The molecule has 0 atom stereocenters. The Morgan fingerprint density at radius 3 is 2.54 bits per heavy atom. The molecule has 0 saturated carbocycles. The maximum Gasteiger partial charge on any atom is 0.260 e. The predicted molar refractivity (Wildman–Crippen MR) is 106 cm³/mol. The highest BCUT2D eigenvalue weighted by Gasteiger charge is 2.22. The Balaban J connectivity index is 1.78. The number of pyridine rings is 1. The van der Waals surface area contributed by atoms with Crippen molar-refractivity contribution in [3.05, 3.63) is 89.2 Å². The lowest BCUT2D eigenvalue weighted by molar-refractivity contribution is 0.0985. The molecule has 0 aliphatic carbocycles. The van der Waals surface area contributed by atoms with Crippen molar-refractivity contribution in [2.24, 2.45) is 0 Å². The molecule has 1 amide bonds. The van der Waals surface area contributed by atoms with Gasteiger partial charge in [0.25, 0.3) is 5.91 Å². The van der Waals surface area contributed by atoms with Crippen molar-refractivity contribution < 1.29 is 4.79 Å². The summed E-state index contributed by atoms with van der Waals surface area (Å²) in [6.45, 7) is 0.339. The van der Waals surface area contributed by atoms with Crippen molar-refractivity contribution in [2.75, 3.05) is 4.90 Å². The third-order valence-electron chi connectivity index (χ3n) is 3.90. The van der Waals surface area contributed by atoms with E-state index >= 15 is 0 Å². The second-order valence-electron chi connectivity index (χ2n) is 5.66. The van der Waals surface area contributed by atoms with Gasteiger partial charge in [-0.25, -0.2) is 4.98 Å². The van der Waals surface area contributed by atoms with Gasteiger partial charge in [0.2, 0.25) is 0 Å². The topological polar surface area (TPSA) is 46.1 Å². The van der Waals surface area contributed by atoms with Gasteiger partial charge in [0, 0.05) is 11.8 Å². The Morgan fingerprint density at radius 1 is 1.00 bits per heavy atom.